The lowest BCUT2D eigenvalue weighted by Gasteiger charge is -2.23. The van der Waals surface area contributed by atoms with Crippen LogP contribution in [0.2, 0.25) is 0 Å². The fourth-order valence-corrected chi connectivity index (χ4v) is 6.23. The molecule has 1 aromatic heterocycles. The topological polar surface area (TPSA) is 127 Å². The summed E-state index contributed by atoms with van der Waals surface area (Å²) in [6.45, 7) is -0.149. The van der Waals surface area contributed by atoms with Crippen LogP contribution in [0.15, 0.2) is 23.2 Å². The van der Waals surface area contributed by atoms with E-state index in [4.69, 9.17) is 4.74 Å². The minimum Gasteiger partial charge on any atom is -0.489 e. The van der Waals surface area contributed by atoms with Crippen molar-refractivity contribution in [1.29, 1.82) is 0 Å². The number of aromatic nitrogens is 1. The van der Waals surface area contributed by atoms with Gasteiger partial charge in [-0.15, -0.1) is 0 Å². The first-order valence-corrected chi connectivity index (χ1v) is 12.9. The summed E-state index contributed by atoms with van der Waals surface area (Å²) in [5, 5.41) is 2.19. The van der Waals surface area contributed by atoms with Crippen LogP contribution in [0.5, 0.6) is 5.75 Å². The van der Waals surface area contributed by atoms with Crippen LogP contribution >= 0.6 is 0 Å². The van der Waals surface area contributed by atoms with E-state index in [-0.39, 0.29) is 36.0 Å². The molecule has 2 atom stereocenters. The molecule has 15 heteroatoms. The number of nitrogens with zero attached hydrogens (tertiary/aromatic N) is 2. The van der Waals surface area contributed by atoms with Gasteiger partial charge >= 0.3 is 0 Å². The number of ether oxygens (including phenoxy) is 1. The van der Waals surface area contributed by atoms with Gasteiger partial charge in [-0.25, -0.2) is 39.0 Å². The number of hydrogen-bond donors (Lipinski definition) is 2. The summed E-state index contributed by atoms with van der Waals surface area (Å²) in [4.78, 5) is 12.5. The number of anilines is 1. The van der Waals surface area contributed by atoms with Crippen LogP contribution in [0.4, 0.5) is 18.9 Å². The molecular formula is C18H19F3N4O6S2. The number of rotatable bonds is 3. The number of nitrogens with one attached hydrogen (secondary N) is 2. The van der Waals surface area contributed by atoms with E-state index in [0.717, 1.165) is 16.8 Å². The zero-order valence-electron chi connectivity index (χ0n) is 17.3. The van der Waals surface area contributed by atoms with Crippen molar-refractivity contribution in [1.82, 2.24) is 13.6 Å². The first kappa shape index (κ1) is 23.5. The number of hydrogen-bond acceptors (Lipinski definition) is 6. The third-order valence-electron chi connectivity index (χ3n) is 5.47. The minimum absolute atomic E-state index is 0.0177. The second-order valence-electron chi connectivity index (χ2n) is 7.87. The SMILES string of the molecule is Cn1cc2c(c1C(=O)Nc1cc(F)c(F)c(F)c1)OC[C@H]1CN(S(C)(=O)=O)C[C@H]1NS2(=O)=O. The van der Waals surface area contributed by atoms with Gasteiger partial charge in [0, 0.05) is 56.1 Å². The molecule has 10 nitrogen and oxygen atoms in total. The van der Waals surface area contributed by atoms with Crippen LogP contribution in [0.3, 0.4) is 0 Å². The van der Waals surface area contributed by atoms with Crippen molar-refractivity contribution in [2.24, 2.45) is 13.0 Å². The standard InChI is InChI=1S/C18H19F3N4O6S2/c1-24-7-14-17(16(24)18(26)22-10-3-11(19)15(21)12(20)4-10)31-8-9-5-25(32(2,27)28)6-13(9)23-33(14,29)30/h3-4,7,9,13,23H,5-6,8H2,1-2H3,(H,22,26)/t9-,13-/m1/s1. The third-order valence-corrected chi connectivity index (χ3v) is 8.19. The number of aryl methyl sites for hydroxylation is 1. The van der Waals surface area contributed by atoms with Crippen molar-refractivity contribution >= 4 is 31.6 Å². The quantitative estimate of drug-likeness (QED) is 0.586. The van der Waals surface area contributed by atoms with Gasteiger partial charge in [0.1, 0.15) is 4.90 Å². The molecule has 1 aromatic carbocycles. The van der Waals surface area contributed by atoms with Crippen LogP contribution in [-0.4, -0.2) is 63.6 Å². The third kappa shape index (κ3) is 4.32. The molecular weight excluding hydrogens is 489 g/mol. The van der Waals surface area contributed by atoms with Crippen LogP contribution in [0, 0.1) is 23.4 Å². The van der Waals surface area contributed by atoms with Crippen molar-refractivity contribution < 1.29 is 39.5 Å². The van der Waals surface area contributed by atoms with Crippen LogP contribution < -0.4 is 14.8 Å². The van der Waals surface area contributed by atoms with E-state index in [1.54, 1.807) is 0 Å². The molecule has 0 unspecified atom stereocenters. The molecule has 0 bridgehead atoms. The Morgan fingerprint density at radius 3 is 2.45 bits per heavy atom. The van der Waals surface area contributed by atoms with Crippen molar-refractivity contribution in [2.45, 2.75) is 10.9 Å². The lowest BCUT2D eigenvalue weighted by Crippen LogP contribution is -2.43. The Morgan fingerprint density at radius 2 is 1.85 bits per heavy atom. The number of carbonyl (C=O) groups is 1. The van der Waals surface area contributed by atoms with Crippen LogP contribution in [-0.2, 0) is 27.1 Å². The monoisotopic (exact) mass is 508 g/mol. The summed E-state index contributed by atoms with van der Waals surface area (Å²) < 4.78 is 100. The van der Waals surface area contributed by atoms with Crippen molar-refractivity contribution in [3.8, 4) is 5.75 Å². The zero-order chi connectivity index (χ0) is 24.3. The van der Waals surface area contributed by atoms with E-state index in [1.807, 2.05) is 0 Å². The Kier molecular flexibility index (Phi) is 5.71. The molecule has 1 fully saturated rings. The normalized spacial score (nSPS) is 22.6. The van der Waals surface area contributed by atoms with E-state index in [1.165, 1.54) is 11.6 Å². The van der Waals surface area contributed by atoms with Gasteiger partial charge in [0.05, 0.1) is 12.9 Å². The Morgan fingerprint density at radius 1 is 1.21 bits per heavy atom. The van der Waals surface area contributed by atoms with E-state index in [2.05, 4.69) is 10.0 Å². The van der Waals surface area contributed by atoms with Gasteiger partial charge in [0.15, 0.2) is 28.9 Å². The molecule has 0 spiro atoms. The first-order valence-electron chi connectivity index (χ1n) is 9.53. The average molecular weight is 509 g/mol. The molecule has 3 heterocycles. The maximum Gasteiger partial charge on any atom is 0.276 e. The fourth-order valence-electron chi connectivity index (χ4n) is 3.85. The molecule has 1 amide bonds. The number of benzene rings is 1. The molecule has 0 radical (unpaired) electrons. The molecule has 0 aliphatic carbocycles. The second kappa shape index (κ2) is 8.00. The largest absolute Gasteiger partial charge is 0.489 e. The molecule has 2 aliphatic rings. The lowest BCUT2D eigenvalue weighted by molar-refractivity contribution is 0.101. The molecule has 2 aromatic rings. The van der Waals surface area contributed by atoms with Crippen LogP contribution in [0.1, 0.15) is 10.5 Å². The molecule has 0 saturated carbocycles. The summed E-state index contributed by atoms with van der Waals surface area (Å²) in [7, 11) is -6.41. The molecule has 1 saturated heterocycles. The highest BCUT2D eigenvalue weighted by molar-refractivity contribution is 7.89. The van der Waals surface area contributed by atoms with E-state index in [9.17, 15) is 34.8 Å². The molecule has 4 rings (SSSR count). The summed E-state index contributed by atoms with van der Waals surface area (Å²) in [5.74, 6) is -6.52. The van der Waals surface area contributed by atoms with Crippen molar-refractivity contribution in [2.75, 3.05) is 31.3 Å². The lowest BCUT2D eigenvalue weighted by atomic mass is 10.1. The summed E-state index contributed by atoms with van der Waals surface area (Å²) in [5.41, 5.74) is -0.658. The second-order valence-corrected chi connectivity index (χ2v) is 11.5. The van der Waals surface area contributed by atoms with Gasteiger partial charge < -0.3 is 14.6 Å². The van der Waals surface area contributed by atoms with Crippen molar-refractivity contribution in [3.63, 3.8) is 0 Å². The van der Waals surface area contributed by atoms with E-state index < -0.39 is 61.1 Å². The average Bonchev–Trinajstić information content (AvgIpc) is 3.23. The maximum atomic E-state index is 13.5. The molecule has 180 valence electrons. The van der Waals surface area contributed by atoms with E-state index in [0.29, 0.717) is 12.1 Å². The zero-order valence-corrected chi connectivity index (χ0v) is 18.9. The summed E-state index contributed by atoms with van der Waals surface area (Å²) >= 11 is 0. The van der Waals surface area contributed by atoms with Gasteiger partial charge in [-0.1, -0.05) is 0 Å². The molecule has 2 aliphatic heterocycles. The number of amides is 1. The molecule has 2 N–H and O–H groups in total. The smallest absolute Gasteiger partial charge is 0.276 e. The number of halogens is 3. The van der Waals surface area contributed by atoms with Gasteiger partial charge in [0.25, 0.3) is 5.91 Å². The van der Waals surface area contributed by atoms with E-state index >= 15 is 0 Å². The minimum atomic E-state index is -4.22. The Labute approximate surface area is 187 Å². The van der Waals surface area contributed by atoms with Gasteiger partial charge in [0.2, 0.25) is 20.0 Å². The summed E-state index contributed by atoms with van der Waals surface area (Å²) in [6, 6.07) is 0.413. The van der Waals surface area contributed by atoms with Gasteiger partial charge in [-0.2, -0.15) is 0 Å². The predicted octanol–water partition coefficient (Wildman–Crippen LogP) is 0.625. The molecule has 33 heavy (non-hydrogen) atoms. The number of sulfonamides is 2. The Bertz CT molecular complexity index is 1340. The number of fused-ring (bicyclic) bond motifs is 2. The maximum absolute atomic E-state index is 13.5. The van der Waals surface area contributed by atoms with Gasteiger partial charge in [-0.3, -0.25) is 4.79 Å². The summed E-state index contributed by atoms with van der Waals surface area (Å²) in [6.07, 6.45) is 2.14. The predicted molar refractivity (Wildman–Crippen MR) is 109 cm³/mol. The highest BCUT2D eigenvalue weighted by Gasteiger charge is 2.43. The Hall–Kier alpha value is -2.62. The number of carbonyl (C=O) groups excluding carboxylic acids is 1. The Balaban J connectivity index is 1.68. The van der Waals surface area contributed by atoms with Crippen molar-refractivity contribution in [3.05, 3.63) is 41.5 Å². The highest BCUT2D eigenvalue weighted by atomic mass is 32.2. The first-order chi connectivity index (χ1) is 15.3. The van der Waals surface area contributed by atoms with Gasteiger partial charge in [-0.05, 0) is 0 Å². The highest BCUT2D eigenvalue weighted by Crippen LogP contribution is 2.35. The fraction of sp³-hybridized carbons (Fsp3) is 0.389. The van der Waals surface area contributed by atoms with Crippen LogP contribution in [0.25, 0.3) is 0 Å².